The molecule has 0 aliphatic heterocycles. The van der Waals surface area contributed by atoms with Crippen LogP contribution in [-0.2, 0) is 16.4 Å². The van der Waals surface area contributed by atoms with Gasteiger partial charge in [0.05, 0.1) is 17.6 Å². The Morgan fingerprint density at radius 3 is 2.62 bits per heavy atom. The van der Waals surface area contributed by atoms with E-state index < -0.39 is 15.7 Å². The van der Waals surface area contributed by atoms with E-state index in [1.807, 2.05) is 0 Å². The van der Waals surface area contributed by atoms with Gasteiger partial charge in [-0.15, -0.1) is 0 Å². The standard InChI is InChI=1S/C17H15FN2O5S/c1-23-15-9-11(26(2,21)22)7-8-14(15)24-10-16-19-17(25-20-16)12-5-3-4-6-13(12)18/h3-9H,10H2,1-2H3. The monoisotopic (exact) mass is 378 g/mol. The maximum Gasteiger partial charge on any atom is 0.261 e. The summed E-state index contributed by atoms with van der Waals surface area (Å²) in [6.45, 7) is -0.0630. The van der Waals surface area contributed by atoms with Gasteiger partial charge in [-0.05, 0) is 24.3 Å². The highest BCUT2D eigenvalue weighted by Crippen LogP contribution is 2.30. The van der Waals surface area contributed by atoms with Crippen LogP contribution < -0.4 is 9.47 Å². The van der Waals surface area contributed by atoms with Gasteiger partial charge in [0, 0.05) is 12.3 Å². The number of halogens is 1. The highest BCUT2D eigenvalue weighted by Gasteiger charge is 2.15. The topological polar surface area (TPSA) is 91.5 Å². The third-order valence-electron chi connectivity index (χ3n) is 3.49. The molecule has 136 valence electrons. The van der Waals surface area contributed by atoms with Crippen LogP contribution in [0.25, 0.3) is 11.5 Å². The van der Waals surface area contributed by atoms with Gasteiger partial charge in [-0.2, -0.15) is 4.98 Å². The van der Waals surface area contributed by atoms with E-state index in [0.717, 1.165) is 6.26 Å². The van der Waals surface area contributed by atoms with E-state index in [4.69, 9.17) is 14.0 Å². The molecular weight excluding hydrogens is 363 g/mol. The molecule has 0 aliphatic carbocycles. The summed E-state index contributed by atoms with van der Waals surface area (Å²) in [6, 6.07) is 10.3. The first-order valence-electron chi connectivity index (χ1n) is 7.47. The maximum atomic E-state index is 13.7. The number of nitrogens with zero attached hydrogens (tertiary/aromatic N) is 2. The molecule has 1 aromatic heterocycles. The van der Waals surface area contributed by atoms with Crippen LogP contribution in [0.1, 0.15) is 5.82 Å². The van der Waals surface area contributed by atoms with Crippen molar-refractivity contribution in [3.8, 4) is 23.0 Å². The van der Waals surface area contributed by atoms with Crippen LogP contribution in [0.2, 0.25) is 0 Å². The lowest BCUT2D eigenvalue weighted by Crippen LogP contribution is -2.02. The molecule has 1 heterocycles. The van der Waals surface area contributed by atoms with Gasteiger partial charge in [0.2, 0.25) is 5.82 Å². The van der Waals surface area contributed by atoms with Gasteiger partial charge in [-0.1, -0.05) is 17.3 Å². The first-order chi connectivity index (χ1) is 12.4. The van der Waals surface area contributed by atoms with E-state index in [1.165, 1.54) is 37.4 Å². The van der Waals surface area contributed by atoms with Crippen molar-refractivity contribution < 1.29 is 26.8 Å². The molecule has 0 aliphatic rings. The fourth-order valence-corrected chi connectivity index (χ4v) is 2.83. The molecule has 7 nitrogen and oxygen atoms in total. The number of aromatic nitrogens is 2. The van der Waals surface area contributed by atoms with E-state index in [2.05, 4.69) is 10.1 Å². The zero-order valence-electron chi connectivity index (χ0n) is 14.0. The van der Waals surface area contributed by atoms with E-state index in [0.29, 0.717) is 5.75 Å². The van der Waals surface area contributed by atoms with Gasteiger partial charge in [-0.3, -0.25) is 0 Å². The lowest BCUT2D eigenvalue weighted by molar-refractivity contribution is 0.269. The van der Waals surface area contributed by atoms with Crippen LogP contribution in [0.5, 0.6) is 11.5 Å². The molecule has 0 bridgehead atoms. The maximum absolute atomic E-state index is 13.7. The summed E-state index contributed by atoms with van der Waals surface area (Å²) in [5.74, 6) is 0.350. The van der Waals surface area contributed by atoms with Gasteiger partial charge >= 0.3 is 0 Å². The molecule has 0 fully saturated rings. The highest BCUT2D eigenvalue weighted by molar-refractivity contribution is 7.90. The quantitative estimate of drug-likeness (QED) is 0.651. The van der Waals surface area contributed by atoms with Crippen LogP contribution >= 0.6 is 0 Å². The fourth-order valence-electron chi connectivity index (χ4n) is 2.20. The van der Waals surface area contributed by atoms with E-state index >= 15 is 0 Å². The van der Waals surface area contributed by atoms with E-state index in [9.17, 15) is 12.8 Å². The van der Waals surface area contributed by atoms with Crippen molar-refractivity contribution in [2.45, 2.75) is 11.5 Å². The highest BCUT2D eigenvalue weighted by atomic mass is 32.2. The van der Waals surface area contributed by atoms with Gasteiger partial charge in [0.25, 0.3) is 5.89 Å². The molecule has 0 atom stereocenters. The minimum Gasteiger partial charge on any atom is -0.493 e. The Morgan fingerprint density at radius 1 is 1.15 bits per heavy atom. The molecule has 26 heavy (non-hydrogen) atoms. The summed E-state index contributed by atoms with van der Waals surface area (Å²) in [6.07, 6.45) is 1.10. The van der Waals surface area contributed by atoms with Crippen LogP contribution in [0.3, 0.4) is 0 Å². The average Bonchev–Trinajstić information content (AvgIpc) is 3.08. The van der Waals surface area contributed by atoms with Crippen molar-refractivity contribution in [1.82, 2.24) is 10.1 Å². The summed E-state index contributed by atoms with van der Waals surface area (Å²) >= 11 is 0. The zero-order chi connectivity index (χ0) is 18.7. The Bertz CT molecular complexity index is 1030. The number of hydrogen-bond donors (Lipinski definition) is 0. The lowest BCUT2D eigenvalue weighted by Gasteiger charge is -2.10. The Kier molecular flexibility index (Phi) is 4.90. The van der Waals surface area contributed by atoms with Crippen LogP contribution in [0, 0.1) is 5.82 Å². The largest absolute Gasteiger partial charge is 0.493 e. The van der Waals surface area contributed by atoms with Gasteiger partial charge in [0.15, 0.2) is 27.9 Å². The molecule has 3 aromatic rings. The minimum atomic E-state index is -3.36. The Morgan fingerprint density at radius 2 is 1.92 bits per heavy atom. The van der Waals surface area contributed by atoms with Crippen molar-refractivity contribution in [1.29, 1.82) is 0 Å². The van der Waals surface area contributed by atoms with E-state index in [1.54, 1.807) is 12.1 Å². The van der Waals surface area contributed by atoms with E-state index in [-0.39, 0.29) is 34.5 Å². The SMILES string of the molecule is COc1cc(S(C)(=O)=O)ccc1OCc1noc(-c2ccccc2F)n1. The summed E-state index contributed by atoms with van der Waals surface area (Å²) in [5.41, 5.74) is 0.196. The van der Waals surface area contributed by atoms with Gasteiger partial charge in [0.1, 0.15) is 5.82 Å². The summed E-state index contributed by atoms with van der Waals surface area (Å²) < 4.78 is 52.7. The smallest absolute Gasteiger partial charge is 0.261 e. The summed E-state index contributed by atoms with van der Waals surface area (Å²) in [7, 11) is -1.96. The second-order valence-electron chi connectivity index (χ2n) is 5.37. The number of benzene rings is 2. The molecular formula is C17H15FN2O5S. The molecule has 0 radical (unpaired) electrons. The number of rotatable bonds is 6. The molecule has 3 rings (SSSR count). The molecule has 0 N–H and O–H groups in total. The van der Waals surface area contributed by atoms with Crippen molar-refractivity contribution in [2.24, 2.45) is 0 Å². The molecule has 0 spiro atoms. The number of ether oxygens (including phenoxy) is 2. The first-order valence-corrected chi connectivity index (χ1v) is 9.36. The van der Waals surface area contributed by atoms with Crippen molar-refractivity contribution in [3.63, 3.8) is 0 Å². The van der Waals surface area contributed by atoms with Crippen molar-refractivity contribution in [2.75, 3.05) is 13.4 Å². The number of hydrogen-bond acceptors (Lipinski definition) is 7. The molecule has 9 heteroatoms. The summed E-state index contributed by atoms with van der Waals surface area (Å²) in [4.78, 5) is 4.20. The van der Waals surface area contributed by atoms with Crippen LogP contribution in [0.4, 0.5) is 4.39 Å². The number of methoxy groups -OCH3 is 1. The van der Waals surface area contributed by atoms with Crippen LogP contribution in [0.15, 0.2) is 51.9 Å². The zero-order valence-corrected chi connectivity index (χ0v) is 14.8. The predicted octanol–water partition coefficient (Wildman–Crippen LogP) is 2.87. The second-order valence-corrected chi connectivity index (χ2v) is 7.38. The molecule has 0 saturated carbocycles. The molecule has 0 amide bonds. The molecule has 0 saturated heterocycles. The summed E-state index contributed by atoms with van der Waals surface area (Å²) in [5, 5.41) is 3.75. The third-order valence-corrected chi connectivity index (χ3v) is 4.60. The Balaban J connectivity index is 1.77. The average molecular weight is 378 g/mol. The normalized spacial score (nSPS) is 11.3. The van der Waals surface area contributed by atoms with Crippen LogP contribution in [-0.4, -0.2) is 31.9 Å². The lowest BCUT2D eigenvalue weighted by atomic mass is 10.2. The van der Waals surface area contributed by atoms with Crippen molar-refractivity contribution in [3.05, 3.63) is 54.1 Å². The Labute approximate surface area is 149 Å². The van der Waals surface area contributed by atoms with Gasteiger partial charge in [-0.25, -0.2) is 12.8 Å². The molecule has 0 unspecified atom stereocenters. The number of sulfone groups is 1. The Hall–Kier alpha value is -2.94. The minimum absolute atomic E-state index is 0.0427. The van der Waals surface area contributed by atoms with Crippen molar-refractivity contribution >= 4 is 9.84 Å². The first kappa shape index (κ1) is 17.9. The fraction of sp³-hybridized carbons (Fsp3) is 0.176. The van der Waals surface area contributed by atoms with Gasteiger partial charge < -0.3 is 14.0 Å². The third kappa shape index (κ3) is 3.83. The molecule has 2 aromatic carbocycles. The predicted molar refractivity (Wildman–Crippen MR) is 90.1 cm³/mol. The second kappa shape index (κ2) is 7.12.